The molecule has 0 aliphatic carbocycles. The number of benzene rings is 3. The van der Waals surface area contributed by atoms with Gasteiger partial charge >= 0.3 is 11.9 Å². The maximum absolute atomic E-state index is 13.2. The summed E-state index contributed by atoms with van der Waals surface area (Å²) in [5.41, 5.74) is 3.51. The van der Waals surface area contributed by atoms with Gasteiger partial charge in [0.2, 0.25) is 0 Å². The SMILES string of the molecule is CC1(C)OC(=O)C([C@H](c2ccccc2OCc2ccccc2C#N)c2c[nH]c3ccccc23)C(=O)O1. The number of cyclic esters (lactones) is 2. The predicted octanol–water partition coefficient (Wildman–Crippen LogP) is 5.20. The Kier molecular flexibility index (Phi) is 5.95. The Hall–Kier alpha value is -4.57. The second-order valence-corrected chi connectivity index (χ2v) is 9.08. The van der Waals surface area contributed by atoms with E-state index in [1.807, 2.05) is 54.6 Å². The van der Waals surface area contributed by atoms with Crippen molar-refractivity contribution in [1.82, 2.24) is 4.98 Å². The van der Waals surface area contributed by atoms with Crippen LogP contribution in [-0.4, -0.2) is 22.7 Å². The minimum Gasteiger partial charge on any atom is -0.489 e. The smallest absolute Gasteiger partial charge is 0.324 e. The number of para-hydroxylation sites is 2. The number of H-pyrrole nitrogens is 1. The van der Waals surface area contributed by atoms with Crippen molar-refractivity contribution in [1.29, 1.82) is 5.26 Å². The van der Waals surface area contributed by atoms with Crippen LogP contribution in [0.5, 0.6) is 5.75 Å². The Morgan fingerprint density at radius 2 is 1.61 bits per heavy atom. The van der Waals surface area contributed by atoms with E-state index in [1.165, 1.54) is 13.8 Å². The van der Waals surface area contributed by atoms with Crippen molar-refractivity contribution in [3.63, 3.8) is 0 Å². The molecule has 1 saturated heterocycles. The number of carbonyl (C=O) groups is 2. The van der Waals surface area contributed by atoms with Crippen LogP contribution in [0.3, 0.4) is 0 Å². The van der Waals surface area contributed by atoms with Crippen LogP contribution < -0.4 is 4.74 Å². The van der Waals surface area contributed by atoms with Crippen molar-refractivity contribution in [2.45, 2.75) is 32.2 Å². The van der Waals surface area contributed by atoms with Gasteiger partial charge in [-0.1, -0.05) is 54.6 Å². The minimum atomic E-state index is -1.34. The first kappa shape index (κ1) is 23.2. The number of nitrogens with zero attached hydrogens (tertiary/aromatic N) is 1. The Labute approximate surface area is 208 Å². The quantitative estimate of drug-likeness (QED) is 0.301. The first-order valence-corrected chi connectivity index (χ1v) is 11.6. The average molecular weight is 481 g/mol. The van der Waals surface area contributed by atoms with E-state index in [2.05, 4.69) is 11.1 Å². The molecule has 4 aromatic rings. The zero-order chi connectivity index (χ0) is 25.3. The van der Waals surface area contributed by atoms with Crippen LogP contribution in [0.1, 0.15) is 42.0 Å². The van der Waals surface area contributed by atoms with Gasteiger partial charge in [0.1, 0.15) is 12.4 Å². The van der Waals surface area contributed by atoms with Crippen molar-refractivity contribution in [2.75, 3.05) is 0 Å². The topological polar surface area (TPSA) is 101 Å². The lowest BCUT2D eigenvalue weighted by Crippen LogP contribution is -2.48. The summed E-state index contributed by atoms with van der Waals surface area (Å²) in [6, 6.07) is 24.3. The zero-order valence-electron chi connectivity index (χ0n) is 19.9. The molecule has 1 aromatic heterocycles. The fraction of sp³-hybridized carbons (Fsp3) is 0.207. The fourth-order valence-electron chi connectivity index (χ4n) is 4.66. The minimum absolute atomic E-state index is 0.147. The van der Waals surface area contributed by atoms with Gasteiger partial charge in [-0.2, -0.15) is 5.26 Å². The molecule has 7 nitrogen and oxygen atoms in total. The number of aromatic amines is 1. The van der Waals surface area contributed by atoms with Gasteiger partial charge < -0.3 is 19.2 Å². The number of rotatable bonds is 6. The van der Waals surface area contributed by atoms with Crippen molar-refractivity contribution >= 4 is 22.8 Å². The maximum atomic E-state index is 13.2. The van der Waals surface area contributed by atoms with Gasteiger partial charge in [-0.25, -0.2) is 0 Å². The van der Waals surface area contributed by atoms with Gasteiger partial charge in [0.25, 0.3) is 5.79 Å². The summed E-state index contributed by atoms with van der Waals surface area (Å²) in [6.07, 6.45) is 1.80. The molecule has 2 heterocycles. The van der Waals surface area contributed by atoms with Crippen LogP contribution in [-0.2, 0) is 25.7 Å². The van der Waals surface area contributed by atoms with Gasteiger partial charge in [-0.05, 0) is 23.8 Å². The molecule has 36 heavy (non-hydrogen) atoms. The van der Waals surface area contributed by atoms with Crippen molar-refractivity contribution in [2.24, 2.45) is 5.92 Å². The highest BCUT2D eigenvalue weighted by Gasteiger charge is 2.49. The third kappa shape index (κ3) is 4.29. The van der Waals surface area contributed by atoms with Gasteiger partial charge in [0.15, 0.2) is 5.92 Å². The molecule has 1 atom stereocenters. The van der Waals surface area contributed by atoms with Gasteiger partial charge in [-0.3, -0.25) is 9.59 Å². The molecule has 0 unspecified atom stereocenters. The summed E-state index contributed by atoms with van der Waals surface area (Å²) in [5.74, 6) is -4.13. The number of fused-ring (bicyclic) bond motifs is 1. The van der Waals surface area contributed by atoms with Crippen molar-refractivity contribution in [3.8, 4) is 11.8 Å². The molecule has 0 radical (unpaired) electrons. The molecule has 1 aliphatic rings. The lowest BCUT2D eigenvalue weighted by Gasteiger charge is -2.36. The molecular weight excluding hydrogens is 456 g/mol. The number of hydrogen-bond acceptors (Lipinski definition) is 6. The monoisotopic (exact) mass is 480 g/mol. The molecule has 1 fully saturated rings. The van der Waals surface area contributed by atoms with Gasteiger partial charge in [-0.15, -0.1) is 0 Å². The molecule has 3 aromatic carbocycles. The van der Waals surface area contributed by atoms with Crippen LogP contribution in [0.15, 0.2) is 79.0 Å². The summed E-state index contributed by atoms with van der Waals surface area (Å²) in [7, 11) is 0. The van der Waals surface area contributed by atoms with Gasteiger partial charge in [0.05, 0.1) is 11.6 Å². The number of hydrogen-bond donors (Lipinski definition) is 1. The average Bonchev–Trinajstić information content (AvgIpc) is 3.28. The molecule has 1 aliphatic heterocycles. The molecule has 0 saturated carbocycles. The number of aromatic nitrogens is 1. The number of esters is 2. The molecule has 5 rings (SSSR count). The molecule has 0 bridgehead atoms. The van der Waals surface area contributed by atoms with E-state index in [0.29, 0.717) is 16.9 Å². The predicted molar refractivity (Wildman–Crippen MR) is 132 cm³/mol. The molecule has 7 heteroatoms. The third-order valence-corrected chi connectivity index (χ3v) is 6.27. The number of carbonyl (C=O) groups excluding carboxylic acids is 2. The number of ether oxygens (including phenoxy) is 3. The van der Waals surface area contributed by atoms with Gasteiger partial charge in [0, 0.05) is 48.0 Å². The number of nitriles is 1. The van der Waals surface area contributed by atoms with E-state index in [-0.39, 0.29) is 6.61 Å². The summed E-state index contributed by atoms with van der Waals surface area (Å²) in [4.78, 5) is 29.7. The van der Waals surface area contributed by atoms with E-state index >= 15 is 0 Å². The van der Waals surface area contributed by atoms with Crippen molar-refractivity contribution < 1.29 is 23.8 Å². The zero-order valence-corrected chi connectivity index (χ0v) is 19.9. The number of nitrogens with one attached hydrogen (secondary N) is 1. The Morgan fingerprint density at radius 1 is 0.944 bits per heavy atom. The lowest BCUT2D eigenvalue weighted by molar-refractivity contribution is -0.240. The standard InChI is InChI=1S/C29H24N2O5/c1-29(2)35-27(32)26(28(33)36-29)25(22-16-31-23-13-7-5-11-20(22)23)21-12-6-8-14-24(21)34-17-19-10-4-3-9-18(19)15-30/h3-14,16,25-26,31H,17H2,1-2H3/t25-/m1/s1. The second kappa shape index (κ2) is 9.23. The maximum Gasteiger partial charge on any atom is 0.324 e. The largest absolute Gasteiger partial charge is 0.489 e. The second-order valence-electron chi connectivity index (χ2n) is 9.08. The van der Waals surface area contributed by atoms with E-state index in [0.717, 1.165) is 22.0 Å². The fourth-order valence-corrected chi connectivity index (χ4v) is 4.66. The summed E-state index contributed by atoms with van der Waals surface area (Å²) in [5, 5.41) is 10.3. The van der Waals surface area contributed by atoms with E-state index < -0.39 is 29.6 Å². The summed E-state index contributed by atoms with van der Waals surface area (Å²) < 4.78 is 17.2. The van der Waals surface area contributed by atoms with Crippen LogP contribution in [0, 0.1) is 17.2 Å². The van der Waals surface area contributed by atoms with Crippen LogP contribution in [0.25, 0.3) is 10.9 Å². The van der Waals surface area contributed by atoms with E-state index in [1.54, 1.807) is 24.4 Å². The summed E-state index contributed by atoms with van der Waals surface area (Å²) in [6.45, 7) is 3.21. The van der Waals surface area contributed by atoms with Crippen LogP contribution in [0.4, 0.5) is 0 Å². The highest BCUT2D eigenvalue weighted by molar-refractivity contribution is 5.99. The first-order chi connectivity index (χ1) is 17.4. The molecule has 0 spiro atoms. The molecule has 1 N–H and O–H groups in total. The molecule has 180 valence electrons. The van der Waals surface area contributed by atoms with Crippen molar-refractivity contribution in [3.05, 3.63) is 101 Å². The molecular formula is C29H24N2O5. The first-order valence-electron chi connectivity index (χ1n) is 11.6. The Morgan fingerprint density at radius 3 is 2.39 bits per heavy atom. The highest BCUT2D eigenvalue weighted by atomic mass is 16.7. The Balaban J connectivity index is 1.61. The summed E-state index contributed by atoms with van der Waals surface area (Å²) >= 11 is 0. The normalized spacial score (nSPS) is 16.1. The van der Waals surface area contributed by atoms with E-state index in [9.17, 15) is 14.9 Å². The highest BCUT2D eigenvalue weighted by Crippen LogP contribution is 2.43. The Bertz CT molecular complexity index is 1480. The van der Waals surface area contributed by atoms with Crippen LogP contribution in [0.2, 0.25) is 0 Å². The third-order valence-electron chi connectivity index (χ3n) is 6.27. The molecule has 0 amide bonds. The lowest BCUT2D eigenvalue weighted by atomic mass is 9.79. The van der Waals surface area contributed by atoms with Crippen LogP contribution >= 0.6 is 0 Å². The van der Waals surface area contributed by atoms with E-state index in [4.69, 9.17) is 14.2 Å².